The van der Waals surface area contributed by atoms with Gasteiger partial charge in [0, 0.05) is 43.2 Å². The molecule has 1 fully saturated rings. The largest absolute Gasteiger partial charge is 0.497 e. The van der Waals surface area contributed by atoms with Gasteiger partial charge in [0.25, 0.3) is 0 Å². The Balaban J connectivity index is 1.30. The number of carboxylic acid groups (broad SMARTS) is 1. The Bertz CT molecular complexity index is 1790. The van der Waals surface area contributed by atoms with Crippen LogP contribution in [0.5, 0.6) is 17.2 Å². The molecule has 0 spiro atoms. The van der Waals surface area contributed by atoms with Gasteiger partial charge in [0.15, 0.2) is 11.5 Å². The summed E-state index contributed by atoms with van der Waals surface area (Å²) in [7, 11) is 1.61. The maximum atomic E-state index is 12.9. The lowest BCUT2D eigenvalue weighted by atomic mass is 10.1. The summed E-state index contributed by atoms with van der Waals surface area (Å²) < 4.78 is 52.2. The van der Waals surface area contributed by atoms with E-state index in [1.54, 1.807) is 48.3 Å². The third-order valence-corrected chi connectivity index (χ3v) is 7.59. The first kappa shape index (κ1) is 29.7. The Labute approximate surface area is 256 Å². The Morgan fingerprint density at radius 3 is 2.44 bits per heavy atom. The number of amides is 1. The summed E-state index contributed by atoms with van der Waals surface area (Å²) in [5.41, 5.74) is 1.76. The van der Waals surface area contributed by atoms with E-state index in [9.17, 15) is 23.1 Å². The van der Waals surface area contributed by atoms with E-state index < -0.39 is 17.8 Å². The Kier molecular flexibility index (Phi) is 8.16. The van der Waals surface area contributed by atoms with Gasteiger partial charge in [0.2, 0.25) is 0 Å². The molecule has 13 heteroatoms. The standard InChI is InChI=1S/C32H29F3N6O4/c1-44-24-9-4-20(5-10-24)18-41-30-28(29(39-41)38-23-3-2-16-40(19-23)31(42)43)27(14-15-36-30)45-25-11-6-21(7-12-25)26-13-8-22(17-37-26)32(33,34)35/h4-15,17,23H,2-3,16,18-19H2,1H3,(H,38,39)(H,42,43)/t23-/m1/s1. The van der Waals surface area contributed by atoms with E-state index in [1.165, 1.54) is 11.0 Å². The summed E-state index contributed by atoms with van der Waals surface area (Å²) in [6.07, 6.45) is -1.49. The van der Waals surface area contributed by atoms with Crippen molar-refractivity contribution in [2.75, 3.05) is 25.5 Å². The van der Waals surface area contributed by atoms with E-state index in [-0.39, 0.29) is 6.04 Å². The van der Waals surface area contributed by atoms with Crippen LogP contribution in [0.1, 0.15) is 24.0 Å². The minimum atomic E-state index is -4.46. The zero-order chi connectivity index (χ0) is 31.6. The highest BCUT2D eigenvalue weighted by atomic mass is 19.4. The van der Waals surface area contributed by atoms with Crippen LogP contribution in [0.2, 0.25) is 0 Å². The maximum absolute atomic E-state index is 12.9. The molecule has 0 unspecified atom stereocenters. The summed E-state index contributed by atoms with van der Waals surface area (Å²) >= 11 is 0. The highest BCUT2D eigenvalue weighted by Crippen LogP contribution is 2.36. The number of benzene rings is 2. The Hall–Kier alpha value is -5.33. The number of anilines is 1. The van der Waals surface area contributed by atoms with Crippen molar-refractivity contribution >= 4 is 22.9 Å². The molecule has 0 aliphatic carbocycles. The second-order valence-corrected chi connectivity index (χ2v) is 10.6. The molecule has 5 aromatic rings. The molecular formula is C32H29F3N6O4. The van der Waals surface area contributed by atoms with Crippen LogP contribution in [0.15, 0.2) is 79.1 Å². The predicted octanol–water partition coefficient (Wildman–Crippen LogP) is 6.92. The van der Waals surface area contributed by atoms with Crippen molar-refractivity contribution in [1.82, 2.24) is 24.6 Å². The number of hydrogen-bond donors (Lipinski definition) is 2. The lowest BCUT2D eigenvalue weighted by Gasteiger charge is -2.31. The summed E-state index contributed by atoms with van der Waals surface area (Å²) in [6, 6.07) is 18.4. The van der Waals surface area contributed by atoms with Crippen LogP contribution in [0.3, 0.4) is 0 Å². The van der Waals surface area contributed by atoms with Gasteiger partial charge < -0.3 is 24.8 Å². The van der Waals surface area contributed by atoms with Gasteiger partial charge in [-0.1, -0.05) is 12.1 Å². The first-order valence-corrected chi connectivity index (χ1v) is 14.2. The third-order valence-electron chi connectivity index (χ3n) is 7.59. The maximum Gasteiger partial charge on any atom is 0.417 e. The molecule has 4 heterocycles. The van der Waals surface area contributed by atoms with Gasteiger partial charge >= 0.3 is 12.3 Å². The first-order chi connectivity index (χ1) is 21.7. The average Bonchev–Trinajstić information content (AvgIpc) is 3.39. The quantitative estimate of drug-likeness (QED) is 0.193. The number of hydrogen-bond acceptors (Lipinski definition) is 7. The molecule has 2 aromatic carbocycles. The molecule has 3 aromatic heterocycles. The van der Waals surface area contributed by atoms with Crippen LogP contribution < -0.4 is 14.8 Å². The summed E-state index contributed by atoms with van der Waals surface area (Å²) in [4.78, 5) is 21.6. The SMILES string of the molecule is COc1ccc(Cn2nc(N[C@@H]3CCCN(C(=O)O)C3)c3c(Oc4ccc(-c5ccc(C(F)(F)F)cn5)cc4)ccnc32)cc1. The van der Waals surface area contributed by atoms with E-state index >= 15 is 0 Å². The van der Waals surface area contributed by atoms with Crippen LogP contribution >= 0.6 is 0 Å². The number of piperidine rings is 1. The molecule has 2 N–H and O–H groups in total. The van der Waals surface area contributed by atoms with Gasteiger partial charge in [0.05, 0.1) is 24.9 Å². The molecule has 1 atom stereocenters. The lowest BCUT2D eigenvalue weighted by Crippen LogP contribution is -2.44. The molecule has 232 valence electrons. The number of pyridine rings is 2. The molecule has 1 aliphatic rings. The molecule has 45 heavy (non-hydrogen) atoms. The van der Waals surface area contributed by atoms with Crippen LogP contribution in [0.4, 0.5) is 23.8 Å². The van der Waals surface area contributed by atoms with Gasteiger partial charge in [-0.2, -0.15) is 18.3 Å². The molecule has 1 amide bonds. The lowest BCUT2D eigenvalue weighted by molar-refractivity contribution is -0.137. The highest BCUT2D eigenvalue weighted by Gasteiger charge is 2.31. The molecule has 6 rings (SSSR count). The molecule has 0 radical (unpaired) electrons. The zero-order valence-electron chi connectivity index (χ0n) is 24.2. The second-order valence-electron chi connectivity index (χ2n) is 10.6. The number of aromatic nitrogens is 4. The summed E-state index contributed by atoms with van der Waals surface area (Å²) in [5.74, 6) is 2.22. The molecular weight excluding hydrogens is 589 g/mol. The fraction of sp³-hybridized carbons (Fsp3) is 0.250. The van der Waals surface area contributed by atoms with Crippen molar-refractivity contribution in [3.05, 3.63) is 90.3 Å². The molecule has 0 bridgehead atoms. The minimum Gasteiger partial charge on any atom is -0.497 e. The monoisotopic (exact) mass is 618 g/mol. The third kappa shape index (κ3) is 6.61. The number of ether oxygens (including phenoxy) is 2. The van der Waals surface area contributed by atoms with Crippen LogP contribution in [0, 0.1) is 0 Å². The zero-order valence-corrected chi connectivity index (χ0v) is 24.2. The van der Waals surface area contributed by atoms with E-state index in [0.29, 0.717) is 59.2 Å². The fourth-order valence-electron chi connectivity index (χ4n) is 5.29. The van der Waals surface area contributed by atoms with Gasteiger partial charge in [-0.25, -0.2) is 14.5 Å². The number of alkyl halides is 3. The van der Waals surface area contributed by atoms with E-state index in [4.69, 9.17) is 14.6 Å². The van der Waals surface area contributed by atoms with Crippen molar-refractivity contribution in [1.29, 1.82) is 0 Å². The first-order valence-electron chi connectivity index (χ1n) is 14.2. The normalized spacial score (nSPS) is 15.2. The molecule has 10 nitrogen and oxygen atoms in total. The highest BCUT2D eigenvalue weighted by molar-refractivity contribution is 5.93. The predicted molar refractivity (Wildman–Crippen MR) is 161 cm³/mol. The number of likely N-dealkylation sites (tertiary alicyclic amines) is 1. The van der Waals surface area contributed by atoms with Crippen molar-refractivity contribution in [2.24, 2.45) is 0 Å². The van der Waals surface area contributed by atoms with Gasteiger partial charge in [-0.05, 0) is 66.9 Å². The van der Waals surface area contributed by atoms with Crippen LogP contribution in [-0.2, 0) is 12.7 Å². The van der Waals surface area contributed by atoms with E-state index in [2.05, 4.69) is 15.3 Å². The van der Waals surface area contributed by atoms with Gasteiger partial charge in [-0.3, -0.25) is 4.98 Å². The minimum absolute atomic E-state index is 0.161. The molecule has 1 aliphatic heterocycles. The summed E-state index contributed by atoms with van der Waals surface area (Å²) in [6.45, 7) is 1.21. The van der Waals surface area contributed by atoms with Gasteiger partial charge in [-0.15, -0.1) is 0 Å². The van der Waals surface area contributed by atoms with E-state index in [0.717, 1.165) is 36.4 Å². The van der Waals surface area contributed by atoms with E-state index in [1.807, 2.05) is 24.3 Å². The average molecular weight is 619 g/mol. The Morgan fingerprint density at radius 1 is 1.02 bits per heavy atom. The Morgan fingerprint density at radius 2 is 1.78 bits per heavy atom. The van der Waals surface area contributed by atoms with Crippen molar-refractivity contribution < 1.29 is 32.5 Å². The van der Waals surface area contributed by atoms with Gasteiger partial charge in [0.1, 0.15) is 22.6 Å². The second kappa shape index (κ2) is 12.3. The van der Waals surface area contributed by atoms with Crippen molar-refractivity contribution in [3.8, 4) is 28.5 Å². The smallest absolute Gasteiger partial charge is 0.417 e. The number of carbonyl (C=O) groups is 1. The molecule has 0 saturated carbocycles. The topological polar surface area (TPSA) is 115 Å². The van der Waals surface area contributed by atoms with Crippen LogP contribution in [-0.4, -0.2) is 62.1 Å². The number of methoxy groups -OCH3 is 1. The molecule has 1 saturated heterocycles. The number of halogens is 3. The van der Waals surface area contributed by atoms with Crippen molar-refractivity contribution in [3.63, 3.8) is 0 Å². The van der Waals surface area contributed by atoms with Crippen molar-refractivity contribution in [2.45, 2.75) is 31.6 Å². The van der Waals surface area contributed by atoms with Crippen LogP contribution in [0.25, 0.3) is 22.3 Å². The number of fused-ring (bicyclic) bond motifs is 1. The fourth-order valence-corrected chi connectivity index (χ4v) is 5.29. The number of rotatable bonds is 8. The number of nitrogens with zero attached hydrogens (tertiary/aromatic N) is 5. The summed E-state index contributed by atoms with van der Waals surface area (Å²) in [5, 5.41) is 18.5. The number of nitrogens with one attached hydrogen (secondary N) is 1.